The van der Waals surface area contributed by atoms with Crippen LogP contribution in [0.2, 0.25) is 0 Å². The van der Waals surface area contributed by atoms with E-state index in [1.54, 1.807) is 25.1 Å². The zero-order chi connectivity index (χ0) is 15.4. The summed E-state index contributed by atoms with van der Waals surface area (Å²) in [5, 5.41) is 3.23. The fourth-order valence-corrected chi connectivity index (χ4v) is 2.22. The number of halogens is 1. The zero-order valence-corrected chi connectivity index (χ0v) is 13.5. The third-order valence-electron chi connectivity index (χ3n) is 3.01. The Morgan fingerprint density at radius 1 is 1.29 bits per heavy atom. The second kappa shape index (κ2) is 6.63. The molecule has 0 aromatic heterocycles. The second-order valence-corrected chi connectivity index (χ2v) is 5.47. The van der Waals surface area contributed by atoms with Gasteiger partial charge >= 0.3 is 5.97 Å². The van der Waals surface area contributed by atoms with Crippen molar-refractivity contribution in [3.8, 4) is 0 Å². The van der Waals surface area contributed by atoms with Gasteiger partial charge in [-0.2, -0.15) is 0 Å². The topological polar surface area (TPSA) is 64.3 Å². The van der Waals surface area contributed by atoms with Crippen molar-refractivity contribution in [3.05, 3.63) is 52.0 Å². The van der Waals surface area contributed by atoms with Crippen LogP contribution in [0, 0.1) is 6.92 Å². The maximum Gasteiger partial charge on any atom is 0.338 e. The Balaban J connectivity index is 2.21. The Kier molecular flexibility index (Phi) is 4.85. The molecule has 21 heavy (non-hydrogen) atoms. The molecule has 110 valence electrons. The van der Waals surface area contributed by atoms with E-state index in [0.717, 1.165) is 21.4 Å². The average Bonchev–Trinajstić information content (AvgIpc) is 2.45. The number of aryl methyl sites for hydroxylation is 1. The van der Waals surface area contributed by atoms with Crippen molar-refractivity contribution < 1.29 is 9.53 Å². The molecule has 0 amide bonds. The molecule has 0 spiro atoms. The van der Waals surface area contributed by atoms with Crippen LogP contribution in [0.1, 0.15) is 22.8 Å². The molecule has 0 heterocycles. The Morgan fingerprint density at radius 2 is 2.05 bits per heavy atom. The minimum atomic E-state index is -0.367. The van der Waals surface area contributed by atoms with Gasteiger partial charge in [0, 0.05) is 10.2 Å². The fraction of sp³-hybridized carbons (Fsp3) is 0.188. The molecular formula is C16H17BrN2O2. The van der Waals surface area contributed by atoms with Crippen LogP contribution in [0.3, 0.4) is 0 Å². The average molecular weight is 349 g/mol. The second-order valence-electron chi connectivity index (χ2n) is 4.61. The van der Waals surface area contributed by atoms with Gasteiger partial charge in [-0.1, -0.05) is 22.0 Å². The predicted molar refractivity (Wildman–Crippen MR) is 89.0 cm³/mol. The maximum atomic E-state index is 11.6. The van der Waals surface area contributed by atoms with Crippen LogP contribution in [0.25, 0.3) is 0 Å². The van der Waals surface area contributed by atoms with Crippen molar-refractivity contribution in [1.82, 2.24) is 0 Å². The van der Waals surface area contributed by atoms with Gasteiger partial charge in [-0.3, -0.25) is 0 Å². The zero-order valence-electron chi connectivity index (χ0n) is 11.9. The first-order valence-electron chi connectivity index (χ1n) is 6.61. The molecule has 0 bridgehead atoms. The Bertz CT molecular complexity index is 671. The molecule has 5 heteroatoms. The summed E-state index contributed by atoms with van der Waals surface area (Å²) in [6, 6.07) is 11.0. The normalized spacial score (nSPS) is 10.2. The highest BCUT2D eigenvalue weighted by Gasteiger charge is 2.09. The maximum absolute atomic E-state index is 11.6. The number of nitrogens with two attached hydrogens (primary N) is 1. The van der Waals surface area contributed by atoms with Gasteiger partial charge in [0.25, 0.3) is 0 Å². The molecule has 3 N–H and O–H groups in total. The van der Waals surface area contributed by atoms with Gasteiger partial charge in [0.15, 0.2) is 0 Å². The smallest absolute Gasteiger partial charge is 0.338 e. The third-order valence-corrected chi connectivity index (χ3v) is 3.87. The van der Waals surface area contributed by atoms with Crippen LogP contribution in [0.5, 0.6) is 0 Å². The van der Waals surface area contributed by atoms with Gasteiger partial charge in [0.2, 0.25) is 0 Å². The molecule has 4 nitrogen and oxygen atoms in total. The Hall–Kier alpha value is -2.01. The summed E-state index contributed by atoms with van der Waals surface area (Å²) in [6.07, 6.45) is 0. The molecule has 0 aliphatic rings. The lowest BCUT2D eigenvalue weighted by Gasteiger charge is -2.11. The summed E-state index contributed by atoms with van der Waals surface area (Å²) in [4.78, 5) is 11.6. The van der Waals surface area contributed by atoms with Gasteiger partial charge in [0.1, 0.15) is 0 Å². The van der Waals surface area contributed by atoms with E-state index in [1.807, 2.05) is 25.1 Å². The highest BCUT2D eigenvalue weighted by Crippen LogP contribution is 2.27. The quantitative estimate of drug-likeness (QED) is 0.639. The predicted octanol–water partition coefficient (Wildman–Crippen LogP) is 4.26. The van der Waals surface area contributed by atoms with Gasteiger partial charge in [-0.15, -0.1) is 0 Å². The van der Waals surface area contributed by atoms with E-state index in [1.165, 1.54) is 0 Å². The van der Waals surface area contributed by atoms with Crippen molar-refractivity contribution >= 4 is 39.0 Å². The summed E-state index contributed by atoms with van der Waals surface area (Å²) in [7, 11) is 0. The molecule has 0 aliphatic carbocycles. The lowest BCUT2D eigenvalue weighted by atomic mass is 10.1. The van der Waals surface area contributed by atoms with Gasteiger partial charge in [-0.25, -0.2) is 4.79 Å². The van der Waals surface area contributed by atoms with Crippen molar-refractivity contribution in [3.63, 3.8) is 0 Å². The van der Waals surface area contributed by atoms with Crippen molar-refractivity contribution in [2.45, 2.75) is 13.8 Å². The first kappa shape index (κ1) is 15.4. The number of hydrogen-bond acceptors (Lipinski definition) is 4. The van der Waals surface area contributed by atoms with E-state index in [9.17, 15) is 4.79 Å². The number of ether oxygens (including phenoxy) is 1. The van der Waals surface area contributed by atoms with E-state index >= 15 is 0 Å². The van der Waals surface area contributed by atoms with Crippen LogP contribution < -0.4 is 11.1 Å². The van der Waals surface area contributed by atoms with Crippen molar-refractivity contribution in [2.75, 3.05) is 17.7 Å². The molecule has 0 aliphatic heterocycles. The van der Waals surface area contributed by atoms with Crippen LogP contribution in [-0.2, 0) is 4.74 Å². The molecule has 0 radical (unpaired) electrons. The van der Waals surface area contributed by atoms with Crippen molar-refractivity contribution in [2.24, 2.45) is 0 Å². The molecule has 2 aromatic carbocycles. The molecule has 2 rings (SSSR count). The van der Waals surface area contributed by atoms with Gasteiger partial charge in [0.05, 0.1) is 23.5 Å². The number of esters is 1. The molecule has 0 fully saturated rings. The van der Waals surface area contributed by atoms with E-state index < -0.39 is 0 Å². The highest BCUT2D eigenvalue weighted by atomic mass is 79.9. The number of nitrogens with one attached hydrogen (secondary N) is 1. The third kappa shape index (κ3) is 3.76. The largest absolute Gasteiger partial charge is 0.462 e. The van der Waals surface area contributed by atoms with Gasteiger partial charge in [-0.05, 0) is 49.7 Å². The van der Waals surface area contributed by atoms with E-state index in [2.05, 4.69) is 21.2 Å². The van der Waals surface area contributed by atoms with Gasteiger partial charge < -0.3 is 15.8 Å². The molecule has 0 saturated carbocycles. The number of hydrogen-bond donors (Lipinski definition) is 2. The van der Waals surface area contributed by atoms with Crippen LogP contribution >= 0.6 is 15.9 Å². The minimum absolute atomic E-state index is 0.343. The summed E-state index contributed by atoms with van der Waals surface area (Å²) < 4.78 is 5.97. The number of carbonyl (C=O) groups excluding carboxylic acids is 1. The first-order chi connectivity index (χ1) is 10.0. The molecule has 0 saturated heterocycles. The summed E-state index contributed by atoms with van der Waals surface area (Å²) in [5.74, 6) is -0.367. The monoisotopic (exact) mass is 348 g/mol. The summed E-state index contributed by atoms with van der Waals surface area (Å²) in [5.41, 5.74) is 9.76. The summed E-state index contributed by atoms with van der Waals surface area (Å²) in [6.45, 7) is 4.14. The number of carbonyl (C=O) groups is 1. The van der Waals surface area contributed by atoms with Crippen LogP contribution in [-0.4, -0.2) is 12.6 Å². The SMILES string of the molecule is CCOC(=O)c1ccc(Nc2ccc(C)c(Br)c2)c(N)c1. The fourth-order valence-electron chi connectivity index (χ4n) is 1.84. The molecule has 2 aromatic rings. The Morgan fingerprint density at radius 3 is 2.67 bits per heavy atom. The number of benzene rings is 2. The number of rotatable bonds is 4. The lowest BCUT2D eigenvalue weighted by molar-refractivity contribution is 0.0526. The number of nitrogen functional groups attached to an aromatic ring is 1. The van der Waals surface area contributed by atoms with E-state index in [4.69, 9.17) is 10.5 Å². The van der Waals surface area contributed by atoms with Crippen LogP contribution in [0.4, 0.5) is 17.1 Å². The first-order valence-corrected chi connectivity index (χ1v) is 7.40. The van der Waals surface area contributed by atoms with E-state index in [0.29, 0.717) is 17.9 Å². The molecule has 0 unspecified atom stereocenters. The summed E-state index contributed by atoms with van der Waals surface area (Å²) >= 11 is 3.49. The lowest BCUT2D eigenvalue weighted by Crippen LogP contribution is -2.06. The number of anilines is 3. The highest BCUT2D eigenvalue weighted by molar-refractivity contribution is 9.10. The van der Waals surface area contributed by atoms with Crippen LogP contribution in [0.15, 0.2) is 40.9 Å². The Labute approximate surface area is 132 Å². The van der Waals surface area contributed by atoms with Crippen molar-refractivity contribution in [1.29, 1.82) is 0 Å². The molecular weight excluding hydrogens is 332 g/mol. The standard InChI is InChI=1S/C16H17BrN2O2/c1-3-21-16(20)11-5-7-15(14(18)8-11)19-12-6-4-10(2)13(17)9-12/h4-9,19H,3,18H2,1-2H3. The minimum Gasteiger partial charge on any atom is -0.462 e. The van der Waals surface area contributed by atoms with E-state index in [-0.39, 0.29) is 5.97 Å². The molecule has 0 atom stereocenters.